The molecule has 2 N–H and O–H groups in total. The third-order valence-electron chi connectivity index (χ3n) is 6.75. The topological polar surface area (TPSA) is 83.8 Å². The third kappa shape index (κ3) is 3.88. The van der Waals surface area contributed by atoms with Crippen molar-refractivity contribution in [2.75, 3.05) is 7.11 Å². The third-order valence-corrected chi connectivity index (χ3v) is 6.75. The smallest absolute Gasteiger partial charge is 0.181 e. The normalized spacial score (nSPS) is 25.6. The largest absolute Gasteiger partial charge is 0.382 e. The number of methoxy groups -OCH3 is 1. The second-order valence-electron chi connectivity index (χ2n) is 8.86. The molecule has 2 aromatic rings. The SMILES string of the molecule is COC1CCC(C2(c3cc(-c4cc(C)cc(C#N)c4)ccc3C)N=C(C)C(N)=N2)CC1. The summed E-state index contributed by atoms with van der Waals surface area (Å²) < 4.78 is 5.59. The molecule has 0 aromatic heterocycles. The van der Waals surface area contributed by atoms with Gasteiger partial charge in [0.2, 0.25) is 0 Å². The molecule has 0 spiro atoms. The van der Waals surface area contributed by atoms with Crippen LogP contribution >= 0.6 is 0 Å². The zero-order valence-electron chi connectivity index (χ0n) is 18.8. The van der Waals surface area contributed by atoms with Crippen LogP contribution in [0.5, 0.6) is 0 Å². The van der Waals surface area contributed by atoms with Gasteiger partial charge in [-0.15, -0.1) is 0 Å². The van der Waals surface area contributed by atoms with Gasteiger partial charge in [-0.3, -0.25) is 4.99 Å². The summed E-state index contributed by atoms with van der Waals surface area (Å²) in [4.78, 5) is 10.1. The molecule has 1 atom stereocenters. The highest BCUT2D eigenvalue weighted by Crippen LogP contribution is 2.47. The molecule has 1 heterocycles. The zero-order chi connectivity index (χ0) is 22.2. The molecule has 2 aromatic carbocycles. The van der Waals surface area contributed by atoms with E-state index in [0.717, 1.165) is 59.2 Å². The Hall–Kier alpha value is -2.97. The van der Waals surface area contributed by atoms with Crippen LogP contribution in [-0.2, 0) is 10.4 Å². The molecule has 5 nitrogen and oxygen atoms in total. The molecular formula is C26H30N4O. The van der Waals surface area contributed by atoms with Crippen molar-refractivity contribution < 1.29 is 4.74 Å². The van der Waals surface area contributed by atoms with Gasteiger partial charge in [-0.1, -0.05) is 18.2 Å². The zero-order valence-corrected chi connectivity index (χ0v) is 18.8. The molecule has 0 bridgehead atoms. The van der Waals surface area contributed by atoms with Gasteiger partial charge >= 0.3 is 0 Å². The Kier molecular flexibility index (Phi) is 5.68. The Morgan fingerprint density at radius 3 is 2.35 bits per heavy atom. The number of hydrogen-bond acceptors (Lipinski definition) is 5. The van der Waals surface area contributed by atoms with Crippen molar-refractivity contribution in [2.45, 2.75) is 58.2 Å². The molecule has 31 heavy (non-hydrogen) atoms. The minimum Gasteiger partial charge on any atom is -0.382 e. The molecule has 160 valence electrons. The van der Waals surface area contributed by atoms with Gasteiger partial charge in [0.25, 0.3) is 0 Å². The first-order valence-corrected chi connectivity index (χ1v) is 10.9. The van der Waals surface area contributed by atoms with Gasteiger partial charge in [0.1, 0.15) is 5.84 Å². The van der Waals surface area contributed by atoms with Crippen molar-refractivity contribution in [3.05, 3.63) is 58.7 Å². The lowest BCUT2D eigenvalue weighted by molar-refractivity contribution is 0.0426. The van der Waals surface area contributed by atoms with E-state index in [1.54, 1.807) is 7.11 Å². The number of rotatable bonds is 4. The fourth-order valence-corrected chi connectivity index (χ4v) is 5.04. The Balaban J connectivity index is 1.83. The van der Waals surface area contributed by atoms with Gasteiger partial charge in [-0.05, 0) is 86.9 Å². The van der Waals surface area contributed by atoms with Crippen molar-refractivity contribution in [1.82, 2.24) is 0 Å². The van der Waals surface area contributed by atoms with Crippen molar-refractivity contribution in [3.8, 4) is 17.2 Å². The summed E-state index contributed by atoms with van der Waals surface area (Å²) in [6.45, 7) is 6.08. The number of ether oxygens (including phenoxy) is 1. The summed E-state index contributed by atoms with van der Waals surface area (Å²) in [5, 5.41) is 9.41. The second kappa shape index (κ2) is 8.28. The van der Waals surface area contributed by atoms with Crippen LogP contribution in [0.4, 0.5) is 0 Å². The van der Waals surface area contributed by atoms with Crippen LogP contribution in [0.2, 0.25) is 0 Å². The number of amidine groups is 1. The van der Waals surface area contributed by atoms with Crippen molar-refractivity contribution in [2.24, 2.45) is 21.6 Å². The van der Waals surface area contributed by atoms with Crippen molar-refractivity contribution >= 4 is 11.5 Å². The molecule has 2 aliphatic rings. The first-order valence-electron chi connectivity index (χ1n) is 10.9. The van der Waals surface area contributed by atoms with E-state index in [2.05, 4.69) is 37.3 Å². The van der Waals surface area contributed by atoms with E-state index in [9.17, 15) is 5.26 Å². The number of hydrogen-bond donors (Lipinski definition) is 1. The van der Waals surface area contributed by atoms with E-state index < -0.39 is 5.66 Å². The summed E-state index contributed by atoms with van der Waals surface area (Å²) >= 11 is 0. The predicted molar refractivity (Wildman–Crippen MR) is 125 cm³/mol. The Morgan fingerprint density at radius 2 is 1.74 bits per heavy atom. The lowest BCUT2D eigenvalue weighted by Gasteiger charge is -2.38. The van der Waals surface area contributed by atoms with Crippen LogP contribution in [-0.4, -0.2) is 24.8 Å². The number of aryl methyl sites for hydroxylation is 2. The number of nitrogens with two attached hydrogens (primary N) is 1. The molecule has 1 unspecified atom stereocenters. The molecule has 5 heteroatoms. The maximum Gasteiger partial charge on any atom is 0.181 e. The fraction of sp³-hybridized carbons (Fsp3) is 0.423. The highest BCUT2D eigenvalue weighted by Gasteiger charge is 2.46. The maximum absolute atomic E-state index is 9.41. The van der Waals surface area contributed by atoms with E-state index in [-0.39, 0.29) is 5.92 Å². The van der Waals surface area contributed by atoms with Crippen LogP contribution in [0.1, 0.15) is 54.9 Å². The van der Waals surface area contributed by atoms with E-state index in [1.807, 2.05) is 26.0 Å². The van der Waals surface area contributed by atoms with Crippen molar-refractivity contribution in [1.29, 1.82) is 5.26 Å². The van der Waals surface area contributed by atoms with Gasteiger partial charge in [0.05, 0.1) is 23.4 Å². The molecule has 1 fully saturated rings. The van der Waals surface area contributed by atoms with Crippen LogP contribution in [0.15, 0.2) is 46.4 Å². The summed E-state index contributed by atoms with van der Waals surface area (Å²) in [6, 6.07) is 14.7. The molecule has 0 radical (unpaired) electrons. The second-order valence-corrected chi connectivity index (χ2v) is 8.86. The molecular weight excluding hydrogens is 384 g/mol. The van der Waals surface area contributed by atoms with Gasteiger partial charge in [-0.2, -0.15) is 5.26 Å². The predicted octanol–water partition coefficient (Wildman–Crippen LogP) is 5.03. The molecule has 0 saturated heterocycles. The number of nitriles is 1. The Morgan fingerprint density at radius 1 is 1.00 bits per heavy atom. The molecule has 4 rings (SSSR count). The van der Waals surface area contributed by atoms with Gasteiger partial charge < -0.3 is 10.5 Å². The average molecular weight is 415 g/mol. The lowest BCUT2D eigenvalue weighted by atomic mass is 9.74. The minimum atomic E-state index is -0.686. The van der Waals surface area contributed by atoms with Crippen LogP contribution < -0.4 is 5.73 Å². The summed E-state index contributed by atoms with van der Waals surface area (Å²) in [5.74, 6) is 0.803. The Bertz CT molecular complexity index is 1080. The minimum absolute atomic E-state index is 0.274. The first-order chi connectivity index (χ1) is 14.9. The summed E-state index contributed by atoms with van der Waals surface area (Å²) in [6.07, 6.45) is 4.33. The number of aliphatic imine (C=N–C) groups is 2. The number of nitrogens with zero attached hydrogens (tertiary/aromatic N) is 3. The van der Waals surface area contributed by atoms with E-state index in [0.29, 0.717) is 17.5 Å². The fourth-order valence-electron chi connectivity index (χ4n) is 5.04. The van der Waals surface area contributed by atoms with Crippen LogP contribution in [0, 0.1) is 31.1 Å². The summed E-state index contributed by atoms with van der Waals surface area (Å²) in [5.41, 5.74) is 12.5. The van der Waals surface area contributed by atoms with Gasteiger partial charge in [0, 0.05) is 18.6 Å². The standard InChI is InChI=1S/C26H30N4O/c1-16-11-19(15-27)13-21(12-16)20-6-5-17(2)24(14-20)26(29-18(3)25(28)30-26)22-7-9-23(31-4)10-8-22/h5-6,11-14,22-23H,7-10H2,1-4H3,(H2,28,30). The highest BCUT2D eigenvalue weighted by atomic mass is 16.5. The molecule has 1 aliphatic heterocycles. The quantitative estimate of drug-likeness (QED) is 0.761. The van der Waals surface area contributed by atoms with Crippen molar-refractivity contribution in [3.63, 3.8) is 0 Å². The van der Waals surface area contributed by atoms with Gasteiger partial charge in [0.15, 0.2) is 5.66 Å². The van der Waals surface area contributed by atoms with E-state index >= 15 is 0 Å². The van der Waals surface area contributed by atoms with Crippen LogP contribution in [0.25, 0.3) is 11.1 Å². The number of benzene rings is 2. The lowest BCUT2D eigenvalue weighted by Crippen LogP contribution is -2.36. The molecule has 1 saturated carbocycles. The van der Waals surface area contributed by atoms with E-state index in [1.165, 1.54) is 0 Å². The highest BCUT2D eigenvalue weighted by molar-refractivity contribution is 6.41. The average Bonchev–Trinajstić information content (AvgIpc) is 3.08. The molecule has 0 amide bonds. The summed E-state index contributed by atoms with van der Waals surface area (Å²) in [7, 11) is 1.79. The molecule has 1 aliphatic carbocycles. The Labute approximate surface area is 184 Å². The maximum atomic E-state index is 9.41. The monoisotopic (exact) mass is 414 g/mol. The van der Waals surface area contributed by atoms with E-state index in [4.69, 9.17) is 20.5 Å². The first kappa shape index (κ1) is 21.3. The van der Waals surface area contributed by atoms with Crippen LogP contribution in [0.3, 0.4) is 0 Å². The van der Waals surface area contributed by atoms with Gasteiger partial charge in [-0.25, -0.2) is 4.99 Å².